The Bertz CT molecular complexity index is 958. The van der Waals surface area contributed by atoms with Crippen LogP contribution in [0.25, 0.3) is 0 Å². The van der Waals surface area contributed by atoms with E-state index in [1.807, 2.05) is 31.2 Å². The summed E-state index contributed by atoms with van der Waals surface area (Å²) in [7, 11) is 0. The molecule has 0 aliphatic carbocycles. The van der Waals surface area contributed by atoms with Crippen LogP contribution >= 0.6 is 23.2 Å². The number of anilines is 3. The van der Waals surface area contributed by atoms with E-state index in [0.717, 1.165) is 5.56 Å². The van der Waals surface area contributed by atoms with Crippen molar-refractivity contribution in [2.24, 2.45) is 0 Å². The van der Waals surface area contributed by atoms with Crippen molar-refractivity contribution in [2.75, 3.05) is 10.6 Å². The van der Waals surface area contributed by atoms with Gasteiger partial charge in [0.25, 0.3) is 5.91 Å². The lowest BCUT2D eigenvalue weighted by Gasteiger charge is -2.10. The van der Waals surface area contributed by atoms with Crippen molar-refractivity contribution in [3.63, 3.8) is 0 Å². The summed E-state index contributed by atoms with van der Waals surface area (Å²) in [4.78, 5) is 21.1. The molecule has 2 N–H and O–H groups in total. The van der Waals surface area contributed by atoms with Crippen LogP contribution in [0, 0.1) is 13.8 Å². The van der Waals surface area contributed by atoms with Crippen molar-refractivity contribution in [1.82, 2.24) is 9.97 Å². The molecule has 2 aromatic carbocycles. The van der Waals surface area contributed by atoms with Gasteiger partial charge < -0.3 is 10.6 Å². The molecule has 0 aliphatic heterocycles. The van der Waals surface area contributed by atoms with Gasteiger partial charge in [-0.15, -0.1) is 0 Å². The maximum Gasteiger partial charge on any atom is 0.274 e. The number of carbonyl (C=O) groups excluding carboxylic acids is 1. The molecule has 3 aromatic rings. The SMILES string of the molecule is Cc1ccc(NC(=O)c2cc(C)nc(Nc3cc(Cl)ccc3Cl)n2)cc1. The van der Waals surface area contributed by atoms with Crippen molar-refractivity contribution >= 4 is 46.4 Å². The first-order chi connectivity index (χ1) is 12.4. The largest absolute Gasteiger partial charge is 0.323 e. The molecule has 132 valence electrons. The molecule has 26 heavy (non-hydrogen) atoms. The third-order valence-electron chi connectivity index (χ3n) is 3.57. The third-order valence-corrected chi connectivity index (χ3v) is 4.14. The van der Waals surface area contributed by atoms with Gasteiger partial charge in [0.05, 0.1) is 10.7 Å². The van der Waals surface area contributed by atoms with Crippen molar-refractivity contribution < 1.29 is 4.79 Å². The number of amides is 1. The molecule has 0 atom stereocenters. The van der Waals surface area contributed by atoms with E-state index in [4.69, 9.17) is 23.2 Å². The molecule has 0 saturated heterocycles. The fraction of sp³-hybridized carbons (Fsp3) is 0.105. The highest BCUT2D eigenvalue weighted by Crippen LogP contribution is 2.27. The first-order valence-corrected chi connectivity index (χ1v) is 8.62. The molecule has 0 spiro atoms. The lowest BCUT2D eigenvalue weighted by Crippen LogP contribution is -2.15. The van der Waals surface area contributed by atoms with Crippen LogP contribution in [0.1, 0.15) is 21.7 Å². The number of carbonyl (C=O) groups is 1. The van der Waals surface area contributed by atoms with Crippen LogP contribution in [0.3, 0.4) is 0 Å². The lowest BCUT2D eigenvalue weighted by atomic mass is 10.2. The number of nitrogens with one attached hydrogen (secondary N) is 2. The number of rotatable bonds is 4. The monoisotopic (exact) mass is 386 g/mol. The Balaban J connectivity index is 1.83. The molecule has 1 aromatic heterocycles. The second-order valence-electron chi connectivity index (χ2n) is 5.79. The van der Waals surface area contributed by atoms with Gasteiger partial charge in [0.2, 0.25) is 5.95 Å². The molecule has 3 rings (SSSR count). The summed E-state index contributed by atoms with van der Waals surface area (Å²) in [6.07, 6.45) is 0. The molecular formula is C19H16Cl2N4O. The fourth-order valence-corrected chi connectivity index (χ4v) is 2.62. The molecule has 1 heterocycles. The van der Waals surface area contributed by atoms with E-state index < -0.39 is 0 Å². The number of halogens is 2. The zero-order chi connectivity index (χ0) is 18.7. The molecule has 0 bridgehead atoms. The van der Waals surface area contributed by atoms with Gasteiger partial charge in [-0.2, -0.15) is 0 Å². The van der Waals surface area contributed by atoms with Crippen LogP contribution in [0.2, 0.25) is 10.0 Å². The summed E-state index contributed by atoms with van der Waals surface area (Å²) >= 11 is 12.1. The van der Waals surface area contributed by atoms with Gasteiger partial charge in [0.15, 0.2) is 0 Å². The molecule has 0 aliphatic rings. The summed E-state index contributed by atoms with van der Waals surface area (Å²) in [5.74, 6) is -0.0529. The Hall–Kier alpha value is -2.63. The zero-order valence-corrected chi connectivity index (χ0v) is 15.7. The van der Waals surface area contributed by atoms with Crippen molar-refractivity contribution in [2.45, 2.75) is 13.8 Å². The summed E-state index contributed by atoms with van der Waals surface area (Å²) in [6.45, 7) is 3.77. The zero-order valence-electron chi connectivity index (χ0n) is 14.2. The average Bonchev–Trinajstić information content (AvgIpc) is 2.59. The molecule has 5 nitrogen and oxygen atoms in total. The number of hydrogen-bond donors (Lipinski definition) is 2. The highest BCUT2D eigenvalue weighted by atomic mass is 35.5. The number of hydrogen-bond acceptors (Lipinski definition) is 4. The summed E-state index contributed by atoms with van der Waals surface area (Å²) in [6, 6.07) is 14.2. The number of nitrogens with zero attached hydrogens (tertiary/aromatic N) is 2. The fourth-order valence-electron chi connectivity index (χ4n) is 2.29. The molecular weight excluding hydrogens is 371 g/mol. The van der Waals surface area contributed by atoms with Crippen LogP contribution in [0.5, 0.6) is 0 Å². The second-order valence-corrected chi connectivity index (χ2v) is 6.63. The Morgan fingerprint density at radius 1 is 0.962 bits per heavy atom. The highest BCUT2D eigenvalue weighted by molar-refractivity contribution is 6.35. The second kappa shape index (κ2) is 7.72. The van der Waals surface area contributed by atoms with E-state index in [0.29, 0.717) is 27.1 Å². The Kier molecular flexibility index (Phi) is 5.40. The summed E-state index contributed by atoms with van der Waals surface area (Å²) in [5.41, 5.74) is 3.28. The number of aryl methyl sites for hydroxylation is 2. The Labute approximate surface area is 161 Å². The van der Waals surface area contributed by atoms with Crippen LogP contribution in [-0.2, 0) is 0 Å². The maximum absolute atomic E-state index is 12.5. The van der Waals surface area contributed by atoms with E-state index in [1.54, 1.807) is 31.2 Å². The Morgan fingerprint density at radius 3 is 2.42 bits per heavy atom. The van der Waals surface area contributed by atoms with Crippen molar-refractivity contribution in [3.05, 3.63) is 75.5 Å². The van der Waals surface area contributed by atoms with E-state index in [-0.39, 0.29) is 17.5 Å². The van der Waals surface area contributed by atoms with Crippen molar-refractivity contribution in [3.8, 4) is 0 Å². The van der Waals surface area contributed by atoms with E-state index in [9.17, 15) is 4.79 Å². The number of benzene rings is 2. The highest BCUT2D eigenvalue weighted by Gasteiger charge is 2.12. The predicted molar refractivity (Wildman–Crippen MR) is 106 cm³/mol. The molecule has 0 saturated carbocycles. The topological polar surface area (TPSA) is 66.9 Å². The first-order valence-electron chi connectivity index (χ1n) is 7.86. The minimum atomic E-state index is -0.320. The maximum atomic E-state index is 12.5. The van der Waals surface area contributed by atoms with Crippen molar-refractivity contribution in [1.29, 1.82) is 0 Å². The molecule has 7 heteroatoms. The molecule has 1 amide bonds. The minimum absolute atomic E-state index is 0.249. The standard InChI is InChI=1S/C19H16Cl2N4O/c1-11-3-6-14(7-4-11)23-18(26)17-9-12(2)22-19(25-17)24-16-10-13(20)5-8-15(16)21/h3-10H,1-2H3,(H,23,26)(H,22,24,25). The molecule has 0 radical (unpaired) electrons. The summed E-state index contributed by atoms with van der Waals surface area (Å²) in [5, 5.41) is 6.83. The van der Waals surface area contributed by atoms with Gasteiger partial charge in [-0.05, 0) is 50.2 Å². The molecule has 0 fully saturated rings. The van der Waals surface area contributed by atoms with E-state index in [1.165, 1.54) is 0 Å². The minimum Gasteiger partial charge on any atom is -0.323 e. The average molecular weight is 387 g/mol. The first kappa shape index (κ1) is 18.2. The van der Waals surface area contributed by atoms with Crippen LogP contribution in [0.4, 0.5) is 17.3 Å². The third kappa shape index (κ3) is 4.50. The van der Waals surface area contributed by atoms with E-state index in [2.05, 4.69) is 20.6 Å². The van der Waals surface area contributed by atoms with Gasteiger partial charge in [0, 0.05) is 16.4 Å². The van der Waals surface area contributed by atoms with Crippen LogP contribution in [-0.4, -0.2) is 15.9 Å². The van der Waals surface area contributed by atoms with Crippen LogP contribution < -0.4 is 10.6 Å². The smallest absolute Gasteiger partial charge is 0.274 e. The van der Waals surface area contributed by atoms with Gasteiger partial charge >= 0.3 is 0 Å². The lowest BCUT2D eigenvalue weighted by molar-refractivity contribution is 0.102. The Morgan fingerprint density at radius 2 is 1.69 bits per heavy atom. The number of aromatic nitrogens is 2. The quantitative estimate of drug-likeness (QED) is 0.629. The predicted octanol–water partition coefficient (Wildman–Crippen LogP) is 5.40. The molecule has 0 unspecified atom stereocenters. The van der Waals surface area contributed by atoms with Gasteiger partial charge in [0.1, 0.15) is 5.69 Å². The van der Waals surface area contributed by atoms with Crippen LogP contribution in [0.15, 0.2) is 48.5 Å². The normalized spacial score (nSPS) is 10.5. The van der Waals surface area contributed by atoms with Gasteiger partial charge in [-0.3, -0.25) is 4.79 Å². The van der Waals surface area contributed by atoms with Gasteiger partial charge in [-0.25, -0.2) is 9.97 Å². The van der Waals surface area contributed by atoms with E-state index >= 15 is 0 Å². The van der Waals surface area contributed by atoms with Gasteiger partial charge in [-0.1, -0.05) is 40.9 Å². The summed E-state index contributed by atoms with van der Waals surface area (Å²) < 4.78 is 0.